The van der Waals surface area contributed by atoms with Gasteiger partial charge < -0.3 is 0 Å². The second-order valence-electron chi connectivity index (χ2n) is 4.34. The summed E-state index contributed by atoms with van der Waals surface area (Å²) in [6.45, 7) is 4.50. The lowest BCUT2D eigenvalue weighted by molar-refractivity contribution is 0.289. The van der Waals surface area contributed by atoms with Crippen LogP contribution >= 0.6 is 0 Å². The molecule has 0 heteroatoms. The molecule has 0 amide bonds. The highest BCUT2D eigenvalue weighted by molar-refractivity contribution is 5.22. The van der Waals surface area contributed by atoms with Crippen LogP contribution in [0.3, 0.4) is 0 Å². The lowest BCUT2D eigenvalue weighted by atomic mass is 9.73. The lowest BCUT2D eigenvalue weighted by Gasteiger charge is -2.31. The zero-order valence-corrected chi connectivity index (χ0v) is 6.78. The van der Waals surface area contributed by atoms with Gasteiger partial charge in [-0.1, -0.05) is 26.0 Å². The summed E-state index contributed by atoms with van der Waals surface area (Å²) in [6.07, 6.45) is 3.78. The molecule has 56 valence electrons. The van der Waals surface area contributed by atoms with Crippen molar-refractivity contribution in [3.63, 3.8) is 0 Å². The van der Waals surface area contributed by atoms with Gasteiger partial charge in [-0.3, -0.25) is 0 Å². The molecule has 0 aromatic heterocycles. The monoisotopic (exact) mass is 138 g/mol. The summed E-state index contributed by atoms with van der Waals surface area (Å²) in [5.74, 6) is 1.33. The molecule has 0 aromatic carbocycles. The average molecular weight is 138 g/mol. The van der Waals surface area contributed by atoms with Crippen LogP contribution in [0.4, 0.5) is 0 Å². The molecule has 0 spiro atoms. The van der Waals surface area contributed by atoms with Crippen LogP contribution in [-0.4, -0.2) is 0 Å². The van der Waals surface area contributed by atoms with Crippen LogP contribution in [0.15, 0.2) is 12.1 Å². The first-order chi connectivity index (χ1) is 5.53. The van der Waals surface area contributed by atoms with Gasteiger partial charge in [0.25, 0.3) is 0 Å². The third-order valence-corrected chi connectivity index (χ3v) is 3.56. The van der Waals surface area contributed by atoms with Crippen LogP contribution in [-0.2, 0) is 0 Å². The van der Waals surface area contributed by atoms with Crippen molar-refractivity contribution in [2.24, 2.45) is 17.3 Å². The Morgan fingerprint density at radius 1 is 1.60 bits per heavy atom. The minimum Gasteiger partial charge on any atom is -0.0990 e. The number of fused-ring (bicyclic) bond motifs is 2. The molecule has 10 heavy (non-hydrogen) atoms. The predicted molar refractivity (Wildman–Crippen MR) is 43.8 cm³/mol. The third kappa shape index (κ3) is 0.574. The minimum atomic E-state index is 0.0900. The zero-order chi connectivity index (χ0) is 8.93. The lowest BCUT2D eigenvalue weighted by Crippen LogP contribution is -2.21. The van der Waals surface area contributed by atoms with Gasteiger partial charge in [-0.2, -0.15) is 0 Å². The molecular formula is C10H16. The van der Waals surface area contributed by atoms with Gasteiger partial charge in [0.2, 0.25) is 0 Å². The molecule has 2 rings (SSSR count). The van der Waals surface area contributed by atoms with Crippen LogP contribution < -0.4 is 0 Å². The molecule has 2 saturated carbocycles. The van der Waals surface area contributed by atoms with E-state index in [9.17, 15) is 0 Å². The van der Waals surface area contributed by atoms with Crippen molar-refractivity contribution in [1.82, 2.24) is 0 Å². The summed E-state index contributed by atoms with van der Waals surface area (Å²) in [6, 6.07) is 0. The summed E-state index contributed by atoms with van der Waals surface area (Å²) in [5.41, 5.74) is 1.28. The molecular weight excluding hydrogens is 120 g/mol. The van der Waals surface area contributed by atoms with Gasteiger partial charge in [0.15, 0.2) is 0 Å². The van der Waals surface area contributed by atoms with E-state index in [4.69, 9.17) is 2.74 Å². The van der Waals surface area contributed by atoms with Gasteiger partial charge in [0.1, 0.15) is 0 Å². The van der Waals surface area contributed by atoms with Crippen molar-refractivity contribution in [3.05, 3.63) is 12.1 Å². The van der Waals surface area contributed by atoms with E-state index in [1.165, 1.54) is 19.3 Å². The molecule has 2 aliphatic rings. The summed E-state index contributed by atoms with van der Waals surface area (Å²) in [5, 5.41) is 0. The predicted octanol–water partition coefficient (Wildman–Crippen LogP) is 3.00. The molecule has 2 aliphatic carbocycles. The largest absolute Gasteiger partial charge is 0.0990 e. The van der Waals surface area contributed by atoms with E-state index < -0.39 is 0 Å². The van der Waals surface area contributed by atoms with Gasteiger partial charge >= 0.3 is 0 Å². The standard InChI is InChI=1S/C10H16/c1-7-8-4-5-9(6-8)10(7,2)3/h8-9H,1,4-6H2,2-3H3/t8-,9+/m1/s1/i1D2. The first kappa shape index (κ1) is 4.58. The Balaban J connectivity index is 2.42. The Kier molecular flexibility index (Phi) is 0.763. The Labute approximate surface area is 66.1 Å². The second-order valence-corrected chi connectivity index (χ2v) is 4.34. The van der Waals surface area contributed by atoms with E-state index >= 15 is 0 Å². The van der Waals surface area contributed by atoms with E-state index in [2.05, 4.69) is 13.8 Å². The molecule has 0 saturated heterocycles. The first-order valence-corrected chi connectivity index (χ1v) is 4.21. The first-order valence-electron chi connectivity index (χ1n) is 5.21. The van der Waals surface area contributed by atoms with Crippen molar-refractivity contribution in [3.8, 4) is 0 Å². The minimum absolute atomic E-state index is 0.0900. The van der Waals surface area contributed by atoms with E-state index in [0.29, 0.717) is 5.92 Å². The maximum absolute atomic E-state index is 7.43. The van der Waals surface area contributed by atoms with Crippen LogP contribution in [0.1, 0.15) is 35.9 Å². The molecule has 2 fully saturated rings. The second kappa shape index (κ2) is 1.66. The highest BCUT2D eigenvalue weighted by Crippen LogP contribution is 2.58. The summed E-state index contributed by atoms with van der Waals surface area (Å²) < 4.78 is 14.9. The Morgan fingerprint density at radius 3 is 2.80 bits per heavy atom. The number of hydrogen-bond donors (Lipinski definition) is 0. The number of hydrogen-bond acceptors (Lipinski definition) is 0. The molecule has 2 atom stereocenters. The Bertz CT molecular complexity index is 236. The molecule has 0 aromatic rings. The van der Waals surface area contributed by atoms with Gasteiger partial charge in [-0.15, -0.1) is 0 Å². The van der Waals surface area contributed by atoms with E-state index in [1.54, 1.807) is 0 Å². The third-order valence-electron chi connectivity index (χ3n) is 3.56. The van der Waals surface area contributed by atoms with Crippen LogP contribution in [0.2, 0.25) is 0 Å². The van der Waals surface area contributed by atoms with Crippen molar-refractivity contribution >= 4 is 0 Å². The molecule has 0 N–H and O–H groups in total. The van der Waals surface area contributed by atoms with Crippen LogP contribution in [0.25, 0.3) is 0 Å². The molecule has 0 unspecified atom stereocenters. The summed E-state index contributed by atoms with van der Waals surface area (Å²) in [4.78, 5) is 0. The van der Waals surface area contributed by atoms with Gasteiger partial charge in [0, 0.05) is 0 Å². The fraction of sp³-hybridized carbons (Fsp3) is 0.800. The fourth-order valence-corrected chi connectivity index (χ4v) is 2.65. The normalized spacial score (nSPS) is 45.2. The molecule has 0 aliphatic heterocycles. The molecule has 2 bridgehead atoms. The highest BCUT2D eigenvalue weighted by Gasteiger charge is 2.47. The fourth-order valence-electron chi connectivity index (χ4n) is 2.65. The van der Waals surface area contributed by atoms with E-state index in [0.717, 1.165) is 11.5 Å². The van der Waals surface area contributed by atoms with Crippen molar-refractivity contribution in [1.29, 1.82) is 0 Å². The maximum atomic E-state index is 7.43. The van der Waals surface area contributed by atoms with E-state index in [1.807, 2.05) is 0 Å². The topological polar surface area (TPSA) is 0 Å². The molecule has 0 radical (unpaired) electrons. The van der Waals surface area contributed by atoms with Crippen molar-refractivity contribution < 1.29 is 2.74 Å². The van der Waals surface area contributed by atoms with Crippen LogP contribution in [0, 0.1) is 17.3 Å². The maximum Gasteiger partial charge on any atom is 0.0538 e. The molecule has 0 nitrogen and oxygen atoms in total. The summed E-state index contributed by atoms with van der Waals surface area (Å²) >= 11 is 0. The van der Waals surface area contributed by atoms with Crippen molar-refractivity contribution in [2.75, 3.05) is 0 Å². The Hall–Kier alpha value is -0.260. The van der Waals surface area contributed by atoms with Gasteiger partial charge in [-0.25, -0.2) is 0 Å². The highest BCUT2D eigenvalue weighted by atomic mass is 14.5. The smallest absolute Gasteiger partial charge is 0.0538 e. The Morgan fingerprint density at radius 2 is 2.40 bits per heavy atom. The quantitative estimate of drug-likeness (QED) is 0.451. The number of allylic oxidation sites excluding steroid dienone is 1. The average Bonchev–Trinajstić information content (AvgIpc) is 2.41. The SMILES string of the molecule is [2H]C([2H])=C1[C@@H]2CC[C@@H](C2)C1(C)C. The number of rotatable bonds is 0. The molecule has 0 heterocycles. The summed E-state index contributed by atoms with van der Waals surface area (Å²) in [7, 11) is 0. The van der Waals surface area contributed by atoms with Crippen LogP contribution in [0.5, 0.6) is 0 Å². The van der Waals surface area contributed by atoms with Crippen molar-refractivity contribution in [2.45, 2.75) is 33.1 Å². The zero-order valence-electron chi connectivity index (χ0n) is 8.78. The van der Waals surface area contributed by atoms with Gasteiger partial charge in [0.05, 0.1) is 2.74 Å². The van der Waals surface area contributed by atoms with Gasteiger partial charge in [-0.05, 0) is 36.5 Å². The van der Waals surface area contributed by atoms with E-state index in [-0.39, 0.29) is 11.9 Å².